The number of benzene rings is 4. The van der Waals surface area contributed by atoms with Crippen molar-refractivity contribution in [2.24, 2.45) is 22.9 Å². The van der Waals surface area contributed by atoms with Gasteiger partial charge in [0.05, 0.1) is 31.8 Å². The molecule has 0 unspecified atom stereocenters. The second kappa shape index (κ2) is 20.6. The number of unbranched alkanes of at least 4 members (excludes halogenated alkanes) is 2. The van der Waals surface area contributed by atoms with Crippen LogP contribution in [0.2, 0.25) is 0 Å². The monoisotopic (exact) mass is 830 g/mol. The predicted octanol–water partition coefficient (Wildman–Crippen LogP) is 9.78. The second-order valence-corrected chi connectivity index (χ2v) is 16.4. The van der Waals surface area contributed by atoms with E-state index in [9.17, 15) is 15.0 Å². The van der Waals surface area contributed by atoms with Gasteiger partial charge in [0, 0.05) is 37.7 Å². The van der Waals surface area contributed by atoms with Gasteiger partial charge in [-0.2, -0.15) is 0 Å². The van der Waals surface area contributed by atoms with E-state index in [4.69, 9.17) is 28.9 Å². The van der Waals surface area contributed by atoms with E-state index in [-0.39, 0.29) is 49.9 Å². The van der Waals surface area contributed by atoms with Crippen molar-refractivity contribution in [1.82, 2.24) is 4.90 Å². The first kappa shape index (κ1) is 43.9. The summed E-state index contributed by atoms with van der Waals surface area (Å²) < 4.78 is 26.7. The molecule has 61 heavy (non-hydrogen) atoms. The molecular formula is C51H62N2O8. The van der Waals surface area contributed by atoms with E-state index in [2.05, 4.69) is 49.9 Å². The SMILES string of the molecule is C=CCO[C@@]12Oc3ccc(Oc4ccc5ccccc5c4)cc3[C@H]3[C@H](CCCCO)[C@@H](CCCCO)C=C(C(=NOCC)C[C@@H]1N(CCC)C(=O)Cc1cccc(OC)c1)[C@H]32. The summed E-state index contributed by atoms with van der Waals surface area (Å²) in [6.07, 6.45) is 10.1. The zero-order chi connectivity index (χ0) is 42.8. The summed E-state index contributed by atoms with van der Waals surface area (Å²) in [7, 11) is 1.63. The number of methoxy groups -OCH3 is 1. The van der Waals surface area contributed by atoms with Crippen LogP contribution in [0.4, 0.5) is 0 Å². The lowest BCUT2D eigenvalue weighted by molar-refractivity contribution is -0.257. The predicted molar refractivity (Wildman–Crippen MR) is 239 cm³/mol. The average molecular weight is 831 g/mol. The van der Waals surface area contributed by atoms with E-state index < -0.39 is 17.7 Å². The fourth-order valence-corrected chi connectivity index (χ4v) is 9.98. The summed E-state index contributed by atoms with van der Waals surface area (Å²) in [5, 5.41) is 26.9. The van der Waals surface area contributed by atoms with Gasteiger partial charge in [-0.1, -0.05) is 79.5 Å². The molecule has 1 aliphatic heterocycles. The number of rotatable bonds is 21. The van der Waals surface area contributed by atoms with Crippen LogP contribution in [-0.2, 0) is 20.8 Å². The van der Waals surface area contributed by atoms with E-state index in [1.165, 1.54) is 0 Å². The van der Waals surface area contributed by atoms with Crippen molar-refractivity contribution in [1.29, 1.82) is 0 Å². The Hall–Kier alpha value is -5.16. The molecule has 4 aromatic carbocycles. The molecule has 0 radical (unpaired) electrons. The number of carbonyl (C=O) groups excluding carboxylic acids is 1. The van der Waals surface area contributed by atoms with E-state index in [0.717, 1.165) is 71.0 Å². The lowest BCUT2D eigenvalue weighted by atomic mass is 9.55. The minimum Gasteiger partial charge on any atom is -0.497 e. The van der Waals surface area contributed by atoms with Crippen LogP contribution in [0.15, 0.2) is 114 Å². The molecule has 7 rings (SSSR count). The Balaban J connectivity index is 1.41. The van der Waals surface area contributed by atoms with Crippen molar-refractivity contribution in [3.63, 3.8) is 0 Å². The molecule has 324 valence electrons. The molecule has 1 saturated carbocycles. The second-order valence-electron chi connectivity index (χ2n) is 16.4. The van der Waals surface area contributed by atoms with Gasteiger partial charge < -0.3 is 38.9 Å². The number of carbonyl (C=O) groups is 1. The number of nitrogens with zero attached hydrogens (tertiary/aromatic N) is 2. The van der Waals surface area contributed by atoms with E-state index in [0.29, 0.717) is 49.7 Å². The highest BCUT2D eigenvalue weighted by atomic mass is 16.7. The molecule has 4 aromatic rings. The average Bonchev–Trinajstić information content (AvgIpc) is 3.28. The van der Waals surface area contributed by atoms with Gasteiger partial charge in [-0.05, 0) is 115 Å². The first-order chi connectivity index (χ1) is 29.9. The summed E-state index contributed by atoms with van der Waals surface area (Å²) in [6, 6.07) is 27.5. The van der Waals surface area contributed by atoms with Crippen molar-refractivity contribution in [2.45, 2.75) is 89.4 Å². The Morgan fingerprint density at radius 2 is 1.69 bits per heavy atom. The maximum Gasteiger partial charge on any atom is 0.239 e. The number of oxime groups is 1. The standard InChI is InChI=1S/C51H62N2O8/c1-5-25-53(48(56)30-35-15-14-19-39(29-35)57-4)47-34-45(52-59-7-3)43-32-38(18-10-12-26-54)42(20-11-13-27-55)49-44-33-41(60-40-22-21-36-16-8-9-17-37(36)31-40)23-24-46(44)61-51(47,50(43)49)58-28-6-2/h6,8-9,14-17,19,21-24,29,31-33,38,42,47,49-50,54-55H,2,5,7,10-13,18,20,25-28,30,34H2,1,3-4H3/t38-,42+,47-,49+,50+,51+/m0/s1. The molecule has 1 amide bonds. The maximum atomic E-state index is 14.8. The molecule has 2 N–H and O–H groups in total. The minimum absolute atomic E-state index is 0.0489. The number of aliphatic hydroxyl groups is 2. The lowest BCUT2D eigenvalue weighted by Crippen LogP contribution is -2.70. The highest BCUT2D eigenvalue weighted by Gasteiger charge is 2.65. The number of hydrogen-bond acceptors (Lipinski definition) is 9. The number of aliphatic hydroxyl groups excluding tert-OH is 2. The zero-order valence-electron chi connectivity index (χ0n) is 36.0. The molecule has 1 heterocycles. The van der Waals surface area contributed by atoms with E-state index in [1.54, 1.807) is 13.2 Å². The van der Waals surface area contributed by atoms with Gasteiger partial charge >= 0.3 is 0 Å². The first-order valence-electron chi connectivity index (χ1n) is 22.2. The molecule has 1 fully saturated rings. The minimum atomic E-state index is -1.33. The topological polar surface area (TPSA) is 119 Å². The zero-order valence-corrected chi connectivity index (χ0v) is 36.0. The number of fused-ring (bicyclic) bond motifs is 3. The number of ether oxygens (including phenoxy) is 4. The number of hydrogen-bond donors (Lipinski definition) is 2. The molecule has 0 aromatic heterocycles. The van der Waals surface area contributed by atoms with E-state index in [1.807, 2.05) is 66.4 Å². The largest absolute Gasteiger partial charge is 0.497 e. The fraction of sp³-hybridized carbons (Fsp3) is 0.451. The maximum absolute atomic E-state index is 14.8. The van der Waals surface area contributed by atoms with E-state index >= 15 is 0 Å². The van der Waals surface area contributed by atoms with Crippen molar-refractivity contribution >= 4 is 22.4 Å². The van der Waals surface area contributed by atoms with Crippen molar-refractivity contribution in [3.8, 4) is 23.0 Å². The molecule has 3 aliphatic rings. The third kappa shape index (κ3) is 9.52. The van der Waals surface area contributed by atoms with Crippen LogP contribution in [0.3, 0.4) is 0 Å². The van der Waals surface area contributed by atoms with Gasteiger partial charge in [0.25, 0.3) is 0 Å². The molecule has 2 aliphatic carbocycles. The highest BCUT2D eigenvalue weighted by Crippen LogP contribution is 2.62. The Bertz CT molecular complexity index is 2180. The first-order valence-corrected chi connectivity index (χ1v) is 22.2. The number of amides is 1. The van der Waals surface area contributed by atoms with Gasteiger partial charge in [0.15, 0.2) is 0 Å². The third-order valence-corrected chi connectivity index (χ3v) is 12.6. The summed E-state index contributed by atoms with van der Waals surface area (Å²) in [5.74, 6) is 1.10. The Morgan fingerprint density at radius 1 is 0.918 bits per heavy atom. The Labute approximate surface area is 360 Å². The van der Waals surface area contributed by atoms with Crippen LogP contribution in [0.1, 0.15) is 82.3 Å². The molecule has 6 atom stereocenters. The summed E-state index contributed by atoms with van der Waals surface area (Å²) in [5.41, 5.74) is 3.65. The third-order valence-electron chi connectivity index (χ3n) is 12.6. The molecule has 0 bridgehead atoms. The van der Waals surface area contributed by atoms with Crippen LogP contribution in [0, 0.1) is 17.8 Å². The van der Waals surface area contributed by atoms with Crippen LogP contribution < -0.4 is 14.2 Å². The van der Waals surface area contributed by atoms with Gasteiger partial charge in [-0.15, -0.1) is 6.58 Å². The summed E-state index contributed by atoms with van der Waals surface area (Å²) >= 11 is 0. The highest BCUT2D eigenvalue weighted by molar-refractivity contribution is 6.03. The van der Waals surface area contributed by atoms with Gasteiger partial charge in [-0.25, -0.2) is 0 Å². The Kier molecular flexibility index (Phi) is 14.8. The fourth-order valence-electron chi connectivity index (χ4n) is 9.98. The summed E-state index contributed by atoms with van der Waals surface area (Å²) in [4.78, 5) is 22.7. The molecule has 0 saturated heterocycles. The lowest BCUT2D eigenvalue weighted by Gasteiger charge is -2.60. The molecule has 10 nitrogen and oxygen atoms in total. The number of allylic oxidation sites excluding steroid dienone is 1. The van der Waals surface area contributed by atoms with Crippen LogP contribution >= 0.6 is 0 Å². The van der Waals surface area contributed by atoms with Gasteiger partial charge in [-0.3, -0.25) is 4.79 Å². The quantitative estimate of drug-likeness (QED) is 0.0484. The normalized spacial score (nSPS) is 23.3. The van der Waals surface area contributed by atoms with Crippen molar-refractivity contribution in [2.75, 3.05) is 40.1 Å². The van der Waals surface area contributed by atoms with Crippen LogP contribution in [0.5, 0.6) is 23.0 Å². The van der Waals surface area contributed by atoms with Crippen molar-refractivity contribution in [3.05, 3.63) is 120 Å². The Morgan fingerprint density at radius 3 is 2.44 bits per heavy atom. The molecule has 0 spiro atoms. The summed E-state index contributed by atoms with van der Waals surface area (Å²) in [6.45, 7) is 9.37. The van der Waals surface area contributed by atoms with Gasteiger partial charge in [0.1, 0.15) is 35.6 Å². The van der Waals surface area contributed by atoms with Crippen molar-refractivity contribution < 1.29 is 38.8 Å². The van der Waals surface area contributed by atoms with Gasteiger partial charge in [0.2, 0.25) is 11.7 Å². The molecule has 10 heteroatoms. The van der Waals surface area contributed by atoms with Crippen LogP contribution in [-0.4, -0.2) is 78.6 Å². The molecular weight excluding hydrogens is 769 g/mol. The smallest absolute Gasteiger partial charge is 0.239 e. The van der Waals surface area contributed by atoms with Crippen LogP contribution in [0.25, 0.3) is 10.8 Å².